The van der Waals surface area contributed by atoms with Gasteiger partial charge in [0.2, 0.25) is 11.9 Å². The van der Waals surface area contributed by atoms with Crippen LogP contribution in [0.1, 0.15) is 38.3 Å². The number of aromatic nitrogens is 4. The number of ether oxygens (including phenoxy) is 1. The van der Waals surface area contributed by atoms with E-state index in [9.17, 15) is 4.79 Å². The molecule has 0 radical (unpaired) electrons. The Morgan fingerprint density at radius 3 is 2.79 bits per heavy atom. The summed E-state index contributed by atoms with van der Waals surface area (Å²) in [6, 6.07) is 7.10. The summed E-state index contributed by atoms with van der Waals surface area (Å²) in [4.78, 5) is 11.9. The van der Waals surface area contributed by atoms with E-state index in [1.54, 1.807) is 11.6 Å². The molecule has 3 N–H and O–H groups in total. The first-order valence-corrected chi connectivity index (χ1v) is 7.90. The van der Waals surface area contributed by atoms with Crippen molar-refractivity contribution in [3.8, 4) is 5.75 Å². The molecule has 8 heteroatoms. The topological polar surface area (TPSA) is 108 Å². The number of nitrogens with two attached hydrogens (primary N) is 1. The number of fused-ring (bicyclic) bond motifs is 1. The van der Waals surface area contributed by atoms with E-state index in [1.165, 1.54) is 0 Å². The van der Waals surface area contributed by atoms with Gasteiger partial charge in [0.05, 0.1) is 12.2 Å². The Morgan fingerprint density at radius 1 is 1.38 bits per heavy atom. The number of nitrogens with zero attached hydrogens (tertiary/aromatic N) is 4. The van der Waals surface area contributed by atoms with Crippen LogP contribution in [0.25, 0.3) is 0 Å². The van der Waals surface area contributed by atoms with E-state index in [0.717, 1.165) is 24.2 Å². The Hall–Kier alpha value is -2.90. The minimum absolute atomic E-state index is 0.439. The van der Waals surface area contributed by atoms with Crippen LogP contribution in [0.15, 0.2) is 35.5 Å². The number of rotatable bonds is 6. The van der Waals surface area contributed by atoms with Crippen molar-refractivity contribution in [2.24, 2.45) is 5.73 Å². The van der Waals surface area contributed by atoms with Gasteiger partial charge in [-0.15, -0.1) is 0 Å². The van der Waals surface area contributed by atoms with Gasteiger partial charge in [-0.3, -0.25) is 4.79 Å². The van der Waals surface area contributed by atoms with E-state index < -0.39 is 11.9 Å². The fourth-order valence-electron chi connectivity index (χ4n) is 2.72. The number of unbranched alkanes of at least 4 members (excludes halogenated alkanes) is 1. The summed E-state index contributed by atoms with van der Waals surface area (Å²) in [5.74, 6) is 0.764. The molecule has 24 heavy (non-hydrogen) atoms. The smallest absolute Gasteiger partial charge is 0.248 e. The number of amides is 1. The number of nitrogens with one attached hydrogen (secondary N) is 1. The Bertz CT molecular complexity index is 765. The molecule has 8 nitrogen and oxygen atoms in total. The lowest BCUT2D eigenvalue weighted by atomic mass is 9.95. The van der Waals surface area contributed by atoms with Crippen LogP contribution in [0.3, 0.4) is 0 Å². The van der Waals surface area contributed by atoms with Crippen LogP contribution < -0.4 is 15.8 Å². The molecule has 0 spiro atoms. The van der Waals surface area contributed by atoms with Gasteiger partial charge in [-0.25, -0.2) is 0 Å². The van der Waals surface area contributed by atoms with Gasteiger partial charge in [-0.2, -0.15) is 4.68 Å². The Kier molecular flexibility index (Phi) is 4.45. The fourth-order valence-corrected chi connectivity index (χ4v) is 2.72. The van der Waals surface area contributed by atoms with Crippen molar-refractivity contribution >= 4 is 11.9 Å². The maximum Gasteiger partial charge on any atom is 0.248 e. The maximum absolute atomic E-state index is 11.9. The Balaban J connectivity index is 1.93. The normalized spacial score (nSPS) is 16.5. The summed E-state index contributed by atoms with van der Waals surface area (Å²) < 4.78 is 7.23. The van der Waals surface area contributed by atoms with Crippen molar-refractivity contribution < 1.29 is 9.53 Å². The van der Waals surface area contributed by atoms with Crippen LogP contribution in [0.4, 0.5) is 5.95 Å². The number of hydrogen-bond acceptors (Lipinski definition) is 6. The number of allylic oxidation sites excluding steroid dienone is 1. The monoisotopic (exact) mass is 328 g/mol. The van der Waals surface area contributed by atoms with Gasteiger partial charge >= 0.3 is 0 Å². The van der Waals surface area contributed by atoms with E-state index in [0.29, 0.717) is 23.8 Å². The van der Waals surface area contributed by atoms with E-state index in [2.05, 4.69) is 27.8 Å². The molecule has 0 aliphatic carbocycles. The van der Waals surface area contributed by atoms with Gasteiger partial charge in [0.1, 0.15) is 11.8 Å². The van der Waals surface area contributed by atoms with Crippen molar-refractivity contribution in [3.63, 3.8) is 0 Å². The number of hydrogen-bond donors (Lipinski definition) is 2. The molecule has 1 unspecified atom stereocenters. The van der Waals surface area contributed by atoms with Crippen LogP contribution >= 0.6 is 0 Å². The van der Waals surface area contributed by atoms with Gasteiger partial charge in [0.25, 0.3) is 0 Å². The van der Waals surface area contributed by atoms with E-state index in [4.69, 9.17) is 10.5 Å². The molecule has 1 aromatic heterocycles. The number of primary amides is 1. The fraction of sp³-hybridized carbons (Fsp3) is 0.375. The van der Waals surface area contributed by atoms with Gasteiger partial charge in [-0.1, -0.05) is 30.6 Å². The third-order valence-corrected chi connectivity index (χ3v) is 3.94. The van der Waals surface area contributed by atoms with Gasteiger partial charge in [0, 0.05) is 5.70 Å². The van der Waals surface area contributed by atoms with Crippen LogP contribution in [-0.2, 0) is 4.79 Å². The molecule has 0 bridgehead atoms. The largest absolute Gasteiger partial charge is 0.494 e. The zero-order valence-electron chi connectivity index (χ0n) is 13.7. The molecule has 0 saturated carbocycles. The van der Waals surface area contributed by atoms with Crippen molar-refractivity contribution in [2.45, 2.75) is 32.7 Å². The van der Waals surface area contributed by atoms with E-state index in [1.807, 2.05) is 24.3 Å². The molecule has 1 aliphatic heterocycles. The highest BCUT2D eigenvalue weighted by Crippen LogP contribution is 2.34. The Morgan fingerprint density at radius 2 is 2.12 bits per heavy atom. The zero-order chi connectivity index (χ0) is 17.1. The zero-order valence-corrected chi connectivity index (χ0v) is 13.7. The molecule has 0 fully saturated rings. The SMILES string of the molecule is CCCCOc1ccc(C2C(C(N)=O)=C(C)Nc3nnnn32)cc1. The number of tetrazole rings is 1. The average Bonchev–Trinajstić information content (AvgIpc) is 3.02. The molecule has 126 valence electrons. The summed E-state index contributed by atoms with van der Waals surface area (Å²) in [7, 11) is 0. The summed E-state index contributed by atoms with van der Waals surface area (Å²) in [6.07, 6.45) is 2.10. The standard InChI is InChI=1S/C16H20N6O2/c1-3-4-9-24-12-7-5-11(6-8-12)14-13(15(17)23)10(2)18-16-19-20-21-22(14)16/h5-8,14H,3-4,9H2,1-2H3,(H2,17,23)(H,18,19,21). The molecule has 0 saturated heterocycles. The number of benzene rings is 1. The van der Waals surface area contributed by atoms with Gasteiger partial charge in [0.15, 0.2) is 0 Å². The van der Waals surface area contributed by atoms with Crippen molar-refractivity contribution in [2.75, 3.05) is 11.9 Å². The first-order valence-electron chi connectivity index (χ1n) is 7.90. The predicted molar refractivity (Wildman–Crippen MR) is 88.3 cm³/mol. The van der Waals surface area contributed by atoms with Crippen molar-refractivity contribution in [1.82, 2.24) is 20.2 Å². The number of anilines is 1. The van der Waals surface area contributed by atoms with Crippen LogP contribution in [0.2, 0.25) is 0 Å². The molecular weight excluding hydrogens is 308 g/mol. The predicted octanol–water partition coefficient (Wildman–Crippen LogP) is 1.63. The minimum Gasteiger partial charge on any atom is -0.494 e. The maximum atomic E-state index is 11.9. The van der Waals surface area contributed by atoms with Crippen LogP contribution in [-0.4, -0.2) is 32.7 Å². The summed E-state index contributed by atoms with van der Waals surface area (Å²) in [6.45, 7) is 4.59. The third-order valence-electron chi connectivity index (χ3n) is 3.94. The van der Waals surface area contributed by atoms with Crippen LogP contribution in [0.5, 0.6) is 5.75 Å². The lowest BCUT2D eigenvalue weighted by Gasteiger charge is -2.26. The van der Waals surface area contributed by atoms with Crippen molar-refractivity contribution in [1.29, 1.82) is 0 Å². The molecule has 1 aliphatic rings. The minimum atomic E-state index is -0.505. The molecular formula is C16H20N6O2. The molecule has 1 atom stereocenters. The van der Waals surface area contributed by atoms with Gasteiger partial charge < -0.3 is 15.8 Å². The van der Waals surface area contributed by atoms with Gasteiger partial charge in [-0.05, 0) is 41.5 Å². The lowest BCUT2D eigenvalue weighted by molar-refractivity contribution is -0.115. The number of carbonyl (C=O) groups excluding carboxylic acids is 1. The summed E-state index contributed by atoms with van der Waals surface area (Å²) in [5.41, 5.74) is 7.53. The molecule has 1 aromatic carbocycles. The second-order valence-electron chi connectivity index (χ2n) is 5.65. The highest BCUT2D eigenvalue weighted by molar-refractivity contribution is 5.95. The highest BCUT2D eigenvalue weighted by atomic mass is 16.5. The Labute approximate surface area is 139 Å². The molecule has 2 heterocycles. The van der Waals surface area contributed by atoms with E-state index >= 15 is 0 Å². The average molecular weight is 328 g/mol. The highest BCUT2D eigenvalue weighted by Gasteiger charge is 2.32. The molecule has 1 amide bonds. The van der Waals surface area contributed by atoms with Crippen LogP contribution in [0, 0.1) is 0 Å². The van der Waals surface area contributed by atoms with Crippen molar-refractivity contribution in [3.05, 3.63) is 41.1 Å². The summed E-state index contributed by atoms with van der Waals surface area (Å²) in [5, 5.41) is 14.6. The second kappa shape index (κ2) is 6.69. The first-order chi connectivity index (χ1) is 11.6. The molecule has 2 aromatic rings. The van der Waals surface area contributed by atoms with E-state index in [-0.39, 0.29) is 0 Å². The number of carbonyl (C=O) groups is 1. The molecule has 3 rings (SSSR count). The first kappa shape index (κ1) is 16.0. The lowest BCUT2D eigenvalue weighted by Crippen LogP contribution is -2.31. The second-order valence-corrected chi connectivity index (χ2v) is 5.65. The quantitative estimate of drug-likeness (QED) is 0.780. The third kappa shape index (κ3) is 2.94. The summed E-state index contributed by atoms with van der Waals surface area (Å²) >= 11 is 0.